The number of hydrogen-bond acceptors (Lipinski definition) is 3. The molecule has 3 nitrogen and oxygen atoms in total. The molecule has 0 amide bonds. The number of hydrogen-bond donors (Lipinski definition) is 3. The quantitative estimate of drug-likeness (QED) is 0.279. The average molecular weight is 611 g/mol. The van der Waals surface area contributed by atoms with Crippen LogP contribution in [0.25, 0.3) is 0 Å². The summed E-state index contributed by atoms with van der Waals surface area (Å²) in [5.74, 6) is 3.00. The number of phenols is 2. The van der Waals surface area contributed by atoms with Gasteiger partial charge >= 0.3 is 0 Å². The van der Waals surface area contributed by atoms with Gasteiger partial charge in [-0.1, -0.05) is 95.1 Å². The van der Waals surface area contributed by atoms with Crippen molar-refractivity contribution in [3.63, 3.8) is 0 Å². The minimum absolute atomic E-state index is 0.170. The molecule has 45 heavy (non-hydrogen) atoms. The normalized spacial score (nSPS) is 25.2. The van der Waals surface area contributed by atoms with Crippen LogP contribution < -0.4 is 0 Å². The van der Waals surface area contributed by atoms with Gasteiger partial charge in [0.1, 0.15) is 11.5 Å². The Bertz CT molecular complexity index is 1370. The van der Waals surface area contributed by atoms with Gasteiger partial charge in [0.25, 0.3) is 0 Å². The average Bonchev–Trinajstić information content (AvgIpc) is 3.05. The topological polar surface area (TPSA) is 60.7 Å². The monoisotopic (exact) mass is 610 g/mol. The summed E-state index contributed by atoms with van der Waals surface area (Å²) in [6, 6.07) is 8.77. The van der Waals surface area contributed by atoms with Crippen molar-refractivity contribution in [1.82, 2.24) is 0 Å². The van der Waals surface area contributed by atoms with Crippen LogP contribution in [-0.2, 0) is 0 Å². The second-order valence-corrected chi connectivity index (χ2v) is 15.4. The van der Waals surface area contributed by atoms with Crippen molar-refractivity contribution in [2.75, 3.05) is 0 Å². The largest absolute Gasteiger partial charge is 0.508 e. The standard InChI is InChI=1S/C42H58O3/c1-27(34-25-38(41(44)22-28(34)2)31-15-9-5-10-16-31)21-36(33-19-20-40(43)37(24-33)30-13-7-4-8-14-30)35-26-39(42(45)23-29(35)3)32-17-11-6-12-18-32/h19-20,22-27,30-32,36-37,40,43-45H,4-18,21H2,1-3H3. The van der Waals surface area contributed by atoms with Crippen LogP contribution in [0.4, 0.5) is 0 Å². The molecule has 4 unspecified atom stereocenters. The van der Waals surface area contributed by atoms with Crippen molar-refractivity contribution < 1.29 is 15.3 Å². The maximum absolute atomic E-state index is 11.2. The molecule has 3 N–H and O–H groups in total. The molecule has 4 aliphatic rings. The van der Waals surface area contributed by atoms with E-state index in [9.17, 15) is 15.3 Å². The Morgan fingerprint density at radius 2 is 1.16 bits per heavy atom. The lowest BCUT2D eigenvalue weighted by molar-refractivity contribution is 0.119. The highest BCUT2D eigenvalue weighted by Gasteiger charge is 2.33. The summed E-state index contributed by atoms with van der Waals surface area (Å²) in [4.78, 5) is 0. The van der Waals surface area contributed by atoms with Gasteiger partial charge in [-0.2, -0.15) is 0 Å². The lowest BCUT2D eigenvalue weighted by Crippen LogP contribution is -2.29. The van der Waals surface area contributed by atoms with Gasteiger partial charge < -0.3 is 15.3 Å². The van der Waals surface area contributed by atoms with Crippen molar-refractivity contribution in [1.29, 1.82) is 0 Å². The first-order valence-electron chi connectivity index (χ1n) is 18.5. The molecule has 3 heteroatoms. The summed E-state index contributed by atoms with van der Waals surface area (Å²) in [5, 5.41) is 33.4. The Kier molecular flexibility index (Phi) is 10.4. The number of phenolic OH excluding ortho intramolecular Hbond substituents is 2. The number of aryl methyl sites for hydroxylation is 2. The molecule has 0 saturated heterocycles. The smallest absolute Gasteiger partial charge is 0.119 e. The summed E-state index contributed by atoms with van der Waals surface area (Å²) in [6.07, 6.45) is 25.8. The first kappa shape index (κ1) is 32.4. The molecule has 3 saturated carbocycles. The molecule has 2 aromatic carbocycles. The summed E-state index contributed by atoms with van der Waals surface area (Å²) in [7, 11) is 0. The van der Waals surface area contributed by atoms with E-state index in [4.69, 9.17) is 0 Å². The zero-order valence-electron chi connectivity index (χ0n) is 28.2. The van der Waals surface area contributed by atoms with Gasteiger partial charge in [-0.3, -0.25) is 0 Å². The van der Waals surface area contributed by atoms with Gasteiger partial charge in [0.05, 0.1) is 6.10 Å². The Labute approximate surface area is 272 Å². The minimum atomic E-state index is -0.411. The van der Waals surface area contributed by atoms with E-state index in [2.05, 4.69) is 51.1 Å². The number of rotatable bonds is 8. The molecule has 6 rings (SSSR count). The number of allylic oxidation sites excluding steroid dienone is 2. The number of aliphatic hydroxyl groups is 1. The molecule has 244 valence electrons. The molecule has 0 aliphatic heterocycles. The third-order valence-electron chi connectivity index (χ3n) is 12.3. The first-order chi connectivity index (χ1) is 21.8. The Morgan fingerprint density at radius 3 is 1.71 bits per heavy atom. The fourth-order valence-electron chi connectivity index (χ4n) is 9.65. The van der Waals surface area contributed by atoms with Gasteiger partial charge in [-0.25, -0.2) is 0 Å². The van der Waals surface area contributed by atoms with Crippen LogP contribution >= 0.6 is 0 Å². The maximum Gasteiger partial charge on any atom is 0.119 e. The van der Waals surface area contributed by atoms with Gasteiger partial charge in [0.2, 0.25) is 0 Å². The second-order valence-electron chi connectivity index (χ2n) is 15.4. The van der Waals surface area contributed by atoms with E-state index < -0.39 is 6.10 Å². The van der Waals surface area contributed by atoms with E-state index in [1.807, 2.05) is 12.1 Å². The van der Waals surface area contributed by atoms with Gasteiger partial charge in [0.15, 0.2) is 0 Å². The molecule has 0 spiro atoms. The summed E-state index contributed by atoms with van der Waals surface area (Å²) < 4.78 is 0. The number of aliphatic hydroxyl groups excluding tert-OH is 1. The maximum atomic E-state index is 11.2. The fourth-order valence-corrected chi connectivity index (χ4v) is 9.65. The van der Waals surface area contributed by atoms with Gasteiger partial charge in [-0.05, 0) is 134 Å². The zero-order valence-corrected chi connectivity index (χ0v) is 28.2. The molecule has 3 fully saturated rings. The summed E-state index contributed by atoms with van der Waals surface area (Å²) >= 11 is 0. The summed E-state index contributed by atoms with van der Waals surface area (Å²) in [5.41, 5.74) is 8.63. The minimum Gasteiger partial charge on any atom is -0.508 e. The highest BCUT2D eigenvalue weighted by atomic mass is 16.3. The van der Waals surface area contributed by atoms with Crippen molar-refractivity contribution in [3.8, 4) is 11.5 Å². The van der Waals surface area contributed by atoms with Crippen LogP contribution in [0.3, 0.4) is 0 Å². The third-order valence-corrected chi connectivity index (χ3v) is 12.3. The molecule has 0 radical (unpaired) electrons. The predicted molar refractivity (Wildman–Crippen MR) is 186 cm³/mol. The molecule has 0 heterocycles. The van der Waals surface area contributed by atoms with Crippen LogP contribution in [0.2, 0.25) is 0 Å². The molecule has 0 bridgehead atoms. The van der Waals surface area contributed by atoms with Crippen LogP contribution in [0, 0.1) is 25.7 Å². The third kappa shape index (κ3) is 7.24. The predicted octanol–water partition coefficient (Wildman–Crippen LogP) is 11.1. The number of benzene rings is 2. The van der Waals surface area contributed by atoms with Gasteiger partial charge in [0, 0.05) is 11.8 Å². The van der Waals surface area contributed by atoms with E-state index in [1.165, 1.54) is 106 Å². The Hall–Kier alpha value is -2.52. The van der Waals surface area contributed by atoms with E-state index in [1.54, 1.807) is 0 Å². The number of aromatic hydroxyl groups is 2. The van der Waals surface area contributed by atoms with E-state index in [-0.39, 0.29) is 11.8 Å². The zero-order chi connectivity index (χ0) is 31.5. The molecule has 4 atom stereocenters. The van der Waals surface area contributed by atoms with E-state index >= 15 is 0 Å². The summed E-state index contributed by atoms with van der Waals surface area (Å²) in [6.45, 7) is 6.70. The van der Waals surface area contributed by atoms with Gasteiger partial charge in [-0.15, -0.1) is 0 Å². The fraction of sp³-hybridized carbons (Fsp3) is 0.619. The van der Waals surface area contributed by atoms with Crippen LogP contribution in [0.1, 0.15) is 167 Å². The lowest BCUT2D eigenvalue weighted by Gasteiger charge is -2.35. The van der Waals surface area contributed by atoms with E-state index in [0.29, 0.717) is 35.2 Å². The lowest BCUT2D eigenvalue weighted by atomic mass is 9.71. The van der Waals surface area contributed by atoms with Crippen LogP contribution in [0.15, 0.2) is 48.1 Å². The molecular weight excluding hydrogens is 552 g/mol. The highest BCUT2D eigenvalue weighted by molar-refractivity contribution is 5.50. The van der Waals surface area contributed by atoms with Crippen molar-refractivity contribution >= 4 is 0 Å². The molecule has 0 aromatic heterocycles. The Balaban J connectivity index is 1.39. The molecule has 2 aromatic rings. The molecule has 4 aliphatic carbocycles. The van der Waals surface area contributed by atoms with Crippen LogP contribution in [0.5, 0.6) is 11.5 Å². The van der Waals surface area contributed by atoms with Crippen molar-refractivity contribution in [3.05, 3.63) is 81.4 Å². The van der Waals surface area contributed by atoms with Crippen molar-refractivity contribution in [2.45, 2.75) is 153 Å². The highest BCUT2D eigenvalue weighted by Crippen LogP contribution is 2.47. The van der Waals surface area contributed by atoms with Crippen molar-refractivity contribution in [2.24, 2.45) is 11.8 Å². The second kappa shape index (κ2) is 14.5. The Morgan fingerprint density at radius 1 is 0.667 bits per heavy atom. The van der Waals surface area contributed by atoms with Crippen LogP contribution in [-0.4, -0.2) is 21.4 Å². The van der Waals surface area contributed by atoms with E-state index in [0.717, 1.165) is 36.0 Å². The first-order valence-corrected chi connectivity index (χ1v) is 18.5. The SMILES string of the molecule is Cc1cc(O)c(C2CCCCC2)cc1C(C)CC(C1=CC(C2CCCCC2)C(O)C=C1)c1cc(C2CCCCC2)c(O)cc1C. The molecular formula is C42H58O3.